The summed E-state index contributed by atoms with van der Waals surface area (Å²) in [5.74, 6) is -1.57. The monoisotopic (exact) mass is 488 g/mol. The van der Waals surface area contributed by atoms with Gasteiger partial charge in [-0.2, -0.15) is 0 Å². The van der Waals surface area contributed by atoms with Gasteiger partial charge in [-0.15, -0.1) is 0 Å². The summed E-state index contributed by atoms with van der Waals surface area (Å²) in [4.78, 5) is 47.8. The number of nitrogens with one attached hydrogen (secondary N) is 2. The molecule has 0 saturated heterocycles. The van der Waals surface area contributed by atoms with Gasteiger partial charge in [0.05, 0.1) is 0 Å². The fourth-order valence-electron chi connectivity index (χ4n) is 2.63. The summed E-state index contributed by atoms with van der Waals surface area (Å²) < 4.78 is 5.77. The first-order chi connectivity index (χ1) is 14.9. The number of carbonyl (C=O) groups is 4. The van der Waals surface area contributed by atoms with Crippen LogP contribution in [-0.2, 0) is 14.3 Å². The van der Waals surface area contributed by atoms with E-state index in [0.29, 0.717) is 23.2 Å². The minimum absolute atomic E-state index is 0.0633. The number of amides is 2. The van der Waals surface area contributed by atoms with Gasteiger partial charge in [-0.25, -0.2) is 0 Å². The van der Waals surface area contributed by atoms with Gasteiger partial charge in [0.2, 0.25) is 5.91 Å². The molecule has 0 fully saturated rings. The van der Waals surface area contributed by atoms with E-state index >= 15 is 0 Å². The van der Waals surface area contributed by atoms with Crippen LogP contribution in [0.1, 0.15) is 53.3 Å². The molecule has 0 unspecified atom stereocenters. The van der Waals surface area contributed by atoms with E-state index in [9.17, 15) is 19.2 Å². The molecule has 2 aromatic carbocycles. The number of esters is 1. The highest BCUT2D eigenvalue weighted by Gasteiger charge is 2.12. The number of ether oxygens (including phenoxy) is 1. The summed E-state index contributed by atoms with van der Waals surface area (Å²) >= 11 is 3.28. The van der Waals surface area contributed by atoms with Crippen LogP contribution in [0.4, 0.5) is 5.69 Å². The molecule has 2 rings (SSSR count). The van der Waals surface area contributed by atoms with Crippen molar-refractivity contribution in [3.63, 3.8) is 0 Å². The Kier molecular flexibility index (Phi) is 9.90. The number of hydrogen-bond acceptors (Lipinski definition) is 5. The second-order valence-electron chi connectivity index (χ2n) is 6.86. The molecule has 0 saturated carbocycles. The van der Waals surface area contributed by atoms with Gasteiger partial charge in [0.25, 0.3) is 5.91 Å². The standard InChI is InChI=1S/C23H25BrN2O5/c1-2-3-4-5-21(28)26-19-12-8-16(9-13-19)20(27)15-31-22(29)14-25-23(30)17-6-10-18(24)11-7-17/h6-13H,2-5,14-15H2,1H3,(H,25,30)(H,26,28). The average Bonchev–Trinajstić information content (AvgIpc) is 2.77. The first-order valence-electron chi connectivity index (χ1n) is 10.0. The smallest absolute Gasteiger partial charge is 0.325 e. The number of hydrogen-bond donors (Lipinski definition) is 2. The van der Waals surface area contributed by atoms with Crippen LogP contribution in [0.5, 0.6) is 0 Å². The Morgan fingerprint density at radius 1 is 0.903 bits per heavy atom. The normalized spacial score (nSPS) is 10.3. The average molecular weight is 489 g/mol. The molecular formula is C23H25BrN2O5. The first-order valence-corrected chi connectivity index (χ1v) is 10.8. The summed E-state index contributed by atoms with van der Waals surface area (Å²) in [5, 5.41) is 5.23. The number of ketones is 1. The van der Waals surface area contributed by atoms with E-state index in [0.717, 1.165) is 23.7 Å². The van der Waals surface area contributed by atoms with Gasteiger partial charge in [-0.3, -0.25) is 19.2 Å². The number of halogens is 1. The van der Waals surface area contributed by atoms with Crippen LogP contribution < -0.4 is 10.6 Å². The number of anilines is 1. The lowest BCUT2D eigenvalue weighted by atomic mass is 10.1. The lowest BCUT2D eigenvalue weighted by Gasteiger charge is -2.08. The second kappa shape index (κ2) is 12.6. The maximum Gasteiger partial charge on any atom is 0.325 e. The van der Waals surface area contributed by atoms with Gasteiger partial charge in [-0.05, 0) is 55.0 Å². The lowest BCUT2D eigenvalue weighted by Crippen LogP contribution is -2.31. The molecule has 31 heavy (non-hydrogen) atoms. The van der Waals surface area contributed by atoms with Crippen LogP contribution in [0.15, 0.2) is 53.0 Å². The van der Waals surface area contributed by atoms with Gasteiger partial charge in [-0.1, -0.05) is 35.7 Å². The molecule has 2 aromatic rings. The summed E-state index contributed by atoms with van der Waals surface area (Å²) in [7, 11) is 0. The number of benzene rings is 2. The predicted octanol–water partition coefficient (Wildman–Crippen LogP) is 4.12. The van der Waals surface area contributed by atoms with Crippen molar-refractivity contribution in [2.45, 2.75) is 32.6 Å². The largest absolute Gasteiger partial charge is 0.456 e. The van der Waals surface area contributed by atoms with Crippen molar-refractivity contribution in [3.8, 4) is 0 Å². The lowest BCUT2D eigenvalue weighted by molar-refractivity contribution is -0.141. The molecule has 0 spiro atoms. The first kappa shape index (κ1) is 24.3. The molecule has 0 aromatic heterocycles. The van der Waals surface area contributed by atoms with Gasteiger partial charge in [0, 0.05) is 27.7 Å². The SMILES string of the molecule is CCCCCC(=O)Nc1ccc(C(=O)COC(=O)CNC(=O)c2ccc(Br)cc2)cc1. The number of rotatable bonds is 11. The van der Waals surface area contributed by atoms with Crippen molar-refractivity contribution in [3.05, 3.63) is 64.1 Å². The Balaban J connectivity index is 1.73. The fraction of sp³-hybridized carbons (Fsp3) is 0.304. The van der Waals surface area contributed by atoms with Gasteiger partial charge >= 0.3 is 5.97 Å². The summed E-state index contributed by atoms with van der Waals surface area (Å²) in [6.07, 6.45) is 3.36. The molecule has 8 heteroatoms. The second-order valence-corrected chi connectivity index (χ2v) is 7.77. The Morgan fingerprint density at radius 2 is 1.55 bits per heavy atom. The van der Waals surface area contributed by atoms with Crippen LogP contribution in [0.25, 0.3) is 0 Å². The molecule has 7 nitrogen and oxygen atoms in total. The van der Waals surface area contributed by atoms with Crippen LogP contribution in [0.3, 0.4) is 0 Å². The van der Waals surface area contributed by atoms with E-state index in [2.05, 4.69) is 33.5 Å². The maximum absolute atomic E-state index is 12.2. The number of carbonyl (C=O) groups excluding carboxylic acids is 4. The van der Waals surface area contributed by atoms with Crippen LogP contribution >= 0.6 is 15.9 Å². The van der Waals surface area contributed by atoms with E-state index < -0.39 is 18.5 Å². The van der Waals surface area contributed by atoms with Crippen LogP contribution in [-0.4, -0.2) is 36.7 Å². The molecule has 164 valence electrons. The molecule has 0 aliphatic rings. The van der Waals surface area contributed by atoms with Crippen molar-refractivity contribution in [2.24, 2.45) is 0 Å². The number of Topliss-reactive ketones (excluding diaryl/α,β-unsaturated/α-hetero) is 1. The molecule has 0 heterocycles. The third-order valence-corrected chi connectivity index (χ3v) is 4.89. The van der Waals surface area contributed by atoms with E-state index in [1.54, 1.807) is 48.5 Å². The Bertz CT molecular complexity index is 911. The zero-order valence-electron chi connectivity index (χ0n) is 17.3. The maximum atomic E-state index is 12.2. The predicted molar refractivity (Wildman–Crippen MR) is 121 cm³/mol. The minimum atomic E-state index is -0.713. The van der Waals surface area contributed by atoms with Gasteiger partial charge in [0.1, 0.15) is 6.54 Å². The van der Waals surface area contributed by atoms with Crippen molar-refractivity contribution in [1.82, 2.24) is 5.32 Å². The highest BCUT2D eigenvalue weighted by molar-refractivity contribution is 9.10. The minimum Gasteiger partial charge on any atom is -0.456 e. The van der Waals surface area contributed by atoms with Gasteiger partial charge < -0.3 is 15.4 Å². The molecule has 0 aliphatic heterocycles. The van der Waals surface area contributed by atoms with Crippen molar-refractivity contribution < 1.29 is 23.9 Å². The molecule has 0 bridgehead atoms. The van der Waals surface area contributed by atoms with Gasteiger partial charge in [0.15, 0.2) is 12.4 Å². The zero-order chi connectivity index (χ0) is 22.6. The summed E-state index contributed by atoms with van der Waals surface area (Å²) in [6, 6.07) is 13.1. The molecule has 2 N–H and O–H groups in total. The van der Waals surface area contributed by atoms with E-state index in [1.165, 1.54) is 0 Å². The topological polar surface area (TPSA) is 102 Å². The Hall–Kier alpha value is -3.00. The molecular weight excluding hydrogens is 464 g/mol. The van der Waals surface area contributed by atoms with Crippen molar-refractivity contribution in [1.29, 1.82) is 0 Å². The quantitative estimate of drug-likeness (QED) is 0.281. The van der Waals surface area contributed by atoms with E-state index in [4.69, 9.17) is 4.74 Å². The molecule has 0 radical (unpaired) electrons. The Labute approximate surface area is 189 Å². The van der Waals surface area contributed by atoms with Crippen LogP contribution in [0, 0.1) is 0 Å². The third kappa shape index (κ3) is 8.72. The van der Waals surface area contributed by atoms with Crippen molar-refractivity contribution >= 4 is 45.2 Å². The highest BCUT2D eigenvalue weighted by atomic mass is 79.9. The third-order valence-electron chi connectivity index (χ3n) is 4.36. The molecule has 0 atom stereocenters. The summed E-state index contributed by atoms with van der Waals surface area (Å²) in [6.45, 7) is 1.30. The summed E-state index contributed by atoms with van der Waals surface area (Å²) in [5.41, 5.74) is 1.37. The zero-order valence-corrected chi connectivity index (χ0v) is 18.9. The molecule has 0 aliphatic carbocycles. The fourth-order valence-corrected chi connectivity index (χ4v) is 2.90. The highest BCUT2D eigenvalue weighted by Crippen LogP contribution is 2.12. The molecule has 2 amide bonds. The van der Waals surface area contributed by atoms with Crippen molar-refractivity contribution in [2.75, 3.05) is 18.5 Å². The van der Waals surface area contributed by atoms with E-state index in [1.807, 2.05) is 0 Å². The van der Waals surface area contributed by atoms with Crippen LogP contribution in [0.2, 0.25) is 0 Å². The van der Waals surface area contributed by atoms with E-state index in [-0.39, 0.29) is 18.2 Å². The Morgan fingerprint density at radius 3 is 2.19 bits per heavy atom. The number of unbranched alkanes of at least 4 members (excludes halogenated alkanes) is 2.